The van der Waals surface area contributed by atoms with E-state index in [9.17, 15) is 28.4 Å². The molecule has 0 aliphatic heterocycles. The molecule has 0 aliphatic rings. The van der Waals surface area contributed by atoms with E-state index >= 15 is 0 Å². The van der Waals surface area contributed by atoms with Crippen LogP contribution in [0, 0.1) is 0 Å². The van der Waals surface area contributed by atoms with Crippen LogP contribution in [0.25, 0.3) is 0 Å². The van der Waals surface area contributed by atoms with Crippen LogP contribution in [-0.2, 0) is 30.5 Å². The largest absolute Gasteiger partial charge is 3.00 e. The number of benzene rings is 6. The van der Waals surface area contributed by atoms with Crippen LogP contribution >= 0.6 is 23.5 Å². The maximum absolute atomic E-state index is 11.6. The average molecular weight is 806 g/mol. The van der Waals surface area contributed by atoms with Gasteiger partial charge in [0.15, 0.2) is 0 Å². The Bertz CT molecular complexity index is 1640. The van der Waals surface area contributed by atoms with Gasteiger partial charge in [-0.2, -0.15) is 0 Å². The first-order chi connectivity index (χ1) is 24.5. The van der Waals surface area contributed by atoms with Crippen molar-refractivity contribution >= 4 is 23.5 Å². The van der Waals surface area contributed by atoms with Crippen LogP contribution in [0.15, 0.2) is 182 Å². The SMILES string of the molecule is O=P([O-])(Oc1ccccc1)Oc1ccccc1.O=P([O-])(Oc1ccccc1)Oc1ccccc1.O=P([O-])(Oc1ccccc1)Oc1ccccc1.[Co+3]. The molecule has 16 heteroatoms. The standard InChI is InChI=1S/3C12H11O4P.Co/c3*13-17(14,15-11-7-3-1-4-8-11)16-12-9-5-2-6-10-12;/h3*1-10H,(H,13,14);/q;;;+3/p-3. The number of para-hydroxylation sites is 6. The third kappa shape index (κ3) is 16.5. The topological polar surface area (TPSA) is 176 Å². The molecule has 0 aromatic heterocycles. The fourth-order valence-electron chi connectivity index (χ4n) is 3.72. The fraction of sp³-hybridized carbons (Fsp3) is 0. The average Bonchev–Trinajstić information content (AvgIpc) is 3.10. The molecule has 52 heavy (non-hydrogen) atoms. The molecule has 6 aromatic carbocycles. The number of phosphoric ester groups is 3. The zero-order chi connectivity index (χ0) is 36.4. The van der Waals surface area contributed by atoms with Crippen molar-refractivity contribution in [2.75, 3.05) is 0 Å². The van der Waals surface area contributed by atoms with E-state index in [1.54, 1.807) is 182 Å². The van der Waals surface area contributed by atoms with Gasteiger partial charge in [-0.05, 0) is 72.8 Å². The molecule has 0 saturated carbocycles. The van der Waals surface area contributed by atoms with Crippen molar-refractivity contribution in [3.63, 3.8) is 0 Å². The minimum atomic E-state index is -4.39. The van der Waals surface area contributed by atoms with Gasteiger partial charge < -0.3 is 41.8 Å². The summed E-state index contributed by atoms with van der Waals surface area (Å²) in [6, 6.07) is 49.2. The Hall–Kier alpha value is -4.80. The van der Waals surface area contributed by atoms with Gasteiger partial charge >= 0.3 is 40.2 Å². The van der Waals surface area contributed by atoms with E-state index in [4.69, 9.17) is 27.1 Å². The summed E-state index contributed by atoms with van der Waals surface area (Å²) < 4.78 is 63.4. The smallest absolute Gasteiger partial charge is 0.736 e. The molecule has 0 fully saturated rings. The van der Waals surface area contributed by atoms with Gasteiger partial charge in [0.2, 0.25) is 0 Å². The minimum absolute atomic E-state index is 0. The van der Waals surface area contributed by atoms with Crippen LogP contribution in [0.2, 0.25) is 0 Å². The molecule has 12 nitrogen and oxygen atoms in total. The molecule has 270 valence electrons. The minimum Gasteiger partial charge on any atom is -0.736 e. The first kappa shape index (κ1) is 41.6. The zero-order valence-corrected chi connectivity index (χ0v) is 30.6. The van der Waals surface area contributed by atoms with Crippen LogP contribution in [0.1, 0.15) is 0 Å². The van der Waals surface area contributed by atoms with E-state index in [0.717, 1.165) is 0 Å². The zero-order valence-electron chi connectivity index (χ0n) is 26.9. The molecular weight excluding hydrogens is 776 g/mol. The van der Waals surface area contributed by atoms with Crippen molar-refractivity contribution in [1.29, 1.82) is 0 Å². The third-order valence-corrected chi connectivity index (χ3v) is 8.37. The second-order valence-electron chi connectivity index (χ2n) is 9.77. The van der Waals surface area contributed by atoms with Gasteiger partial charge in [0, 0.05) is 0 Å². The van der Waals surface area contributed by atoms with Gasteiger partial charge in [0.25, 0.3) is 0 Å². The third-order valence-electron chi connectivity index (χ3n) is 5.76. The van der Waals surface area contributed by atoms with E-state index in [0.29, 0.717) is 0 Å². The molecule has 0 unspecified atom stereocenters. The molecule has 0 saturated heterocycles. The van der Waals surface area contributed by atoms with Crippen LogP contribution < -0.4 is 41.8 Å². The van der Waals surface area contributed by atoms with E-state index < -0.39 is 23.5 Å². The van der Waals surface area contributed by atoms with Gasteiger partial charge in [0.1, 0.15) is 34.5 Å². The maximum atomic E-state index is 11.6. The van der Waals surface area contributed by atoms with E-state index in [1.807, 2.05) is 0 Å². The summed E-state index contributed by atoms with van der Waals surface area (Å²) in [7, 11) is -13.2. The summed E-state index contributed by atoms with van der Waals surface area (Å²) in [5.41, 5.74) is 0. The van der Waals surface area contributed by atoms with Gasteiger partial charge in [0.05, 0.1) is 0 Å². The summed E-state index contributed by atoms with van der Waals surface area (Å²) in [6.07, 6.45) is 0. The van der Waals surface area contributed by atoms with Crippen LogP contribution in [0.3, 0.4) is 0 Å². The van der Waals surface area contributed by atoms with Crippen molar-refractivity contribution in [1.82, 2.24) is 0 Å². The van der Waals surface area contributed by atoms with Gasteiger partial charge in [-0.3, -0.25) is 0 Å². The first-order valence-corrected chi connectivity index (χ1v) is 19.3. The van der Waals surface area contributed by atoms with Crippen molar-refractivity contribution in [2.45, 2.75) is 0 Å². The number of hydrogen-bond acceptors (Lipinski definition) is 12. The predicted octanol–water partition coefficient (Wildman–Crippen LogP) is 7.84. The van der Waals surface area contributed by atoms with Crippen LogP contribution in [0.5, 0.6) is 34.5 Å². The number of rotatable bonds is 12. The summed E-state index contributed by atoms with van der Waals surface area (Å²) in [4.78, 5) is 34.7. The predicted molar refractivity (Wildman–Crippen MR) is 185 cm³/mol. The van der Waals surface area contributed by atoms with Gasteiger partial charge in [-0.1, -0.05) is 109 Å². The van der Waals surface area contributed by atoms with Crippen molar-refractivity contribution in [2.24, 2.45) is 0 Å². The Morgan fingerprint density at radius 2 is 0.385 bits per heavy atom. The van der Waals surface area contributed by atoms with Crippen molar-refractivity contribution in [3.05, 3.63) is 182 Å². The molecule has 0 radical (unpaired) electrons. The van der Waals surface area contributed by atoms with Crippen LogP contribution in [0.4, 0.5) is 0 Å². The normalized spacial score (nSPS) is 10.7. The van der Waals surface area contributed by atoms with Crippen molar-refractivity contribution in [3.8, 4) is 34.5 Å². The number of hydrogen-bond donors (Lipinski definition) is 0. The molecule has 0 spiro atoms. The van der Waals surface area contributed by atoms with E-state index in [2.05, 4.69) is 0 Å². The second kappa shape index (κ2) is 20.9. The van der Waals surface area contributed by atoms with Crippen molar-refractivity contribution < 1.29 is 72.3 Å². The molecule has 0 bridgehead atoms. The maximum Gasteiger partial charge on any atom is 3.00 e. The van der Waals surface area contributed by atoms with Gasteiger partial charge in [-0.25, -0.2) is 13.7 Å². The Morgan fingerprint density at radius 1 is 0.269 bits per heavy atom. The van der Waals surface area contributed by atoms with Gasteiger partial charge in [-0.15, -0.1) is 0 Å². The molecule has 6 aromatic rings. The molecule has 6 rings (SSSR count). The Balaban J connectivity index is 0.000000208. The summed E-state index contributed by atoms with van der Waals surface area (Å²) in [5.74, 6) is 1.34. The van der Waals surface area contributed by atoms with E-state index in [-0.39, 0.29) is 51.3 Å². The molecule has 0 aliphatic carbocycles. The first-order valence-electron chi connectivity index (χ1n) is 14.9. The molecule has 0 amide bonds. The summed E-state index contributed by atoms with van der Waals surface area (Å²) in [6.45, 7) is 0. The molecule has 0 N–H and O–H groups in total. The summed E-state index contributed by atoms with van der Waals surface area (Å²) >= 11 is 0. The monoisotopic (exact) mass is 806 g/mol. The number of phosphoric acid groups is 3. The van der Waals surface area contributed by atoms with E-state index in [1.165, 1.54) is 0 Å². The molecule has 0 atom stereocenters. The fourth-order valence-corrected chi connectivity index (χ4v) is 6.11. The molecule has 0 heterocycles. The Labute approximate surface area is 311 Å². The second-order valence-corrected chi connectivity index (χ2v) is 13.5. The Kier molecular flexibility index (Phi) is 16.7. The summed E-state index contributed by atoms with van der Waals surface area (Å²) in [5, 5.41) is 0. The Morgan fingerprint density at radius 3 is 0.500 bits per heavy atom. The van der Waals surface area contributed by atoms with Crippen LogP contribution in [-0.4, -0.2) is 0 Å². The molecular formula is C36H30CoO12P3. The quantitative estimate of drug-likeness (QED) is 0.110.